The second kappa shape index (κ2) is 13.0. The predicted octanol–water partition coefficient (Wildman–Crippen LogP) is 9.71. The van der Waals surface area contributed by atoms with Crippen LogP contribution in [0.25, 0.3) is 38.9 Å². The molecule has 1 aliphatic carbocycles. The molecule has 6 rings (SSSR count). The molecule has 0 spiro atoms. The molecule has 0 aliphatic heterocycles. The fourth-order valence-electron chi connectivity index (χ4n) is 5.98. The number of alkyl halides is 2. The highest BCUT2D eigenvalue weighted by molar-refractivity contribution is 7.98. The number of halogens is 3. The molecular weight excluding hydrogens is 607 g/mol. The molecule has 9 heteroatoms. The Kier molecular flexibility index (Phi) is 8.70. The Bertz CT molecular complexity index is 2060. The van der Waals surface area contributed by atoms with E-state index in [0.29, 0.717) is 51.9 Å². The number of rotatable bonds is 7. The lowest BCUT2D eigenvalue weighted by atomic mass is 9.85. The fraction of sp³-hybridized carbons (Fsp3) is 0.162. The molecule has 0 amide bonds. The van der Waals surface area contributed by atoms with Crippen molar-refractivity contribution < 1.29 is 22.7 Å². The van der Waals surface area contributed by atoms with Crippen molar-refractivity contribution in [2.45, 2.75) is 30.6 Å². The number of methoxy groups -OCH3 is 1. The summed E-state index contributed by atoms with van der Waals surface area (Å²) in [6.07, 6.45) is 1.32. The van der Waals surface area contributed by atoms with Gasteiger partial charge < -0.3 is 4.74 Å². The first-order valence-corrected chi connectivity index (χ1v) is 15.3. The van der Waals surface area contributed by atoms with Crippen LogP contribution in [0, 0.1) is 34.4 Å². The van der Waals surface area contributed by atoms with Crippen LogP contribution >= 0.6 is 11.9 Å². The van der Waals surface area contributed by atoms with E-state index in [1.807, 2.05) is 34.3 Å². The van der Waals surface area contributed by atoms with Gasteiger partial charge in [-0.2, -0.15) is 10.5 Å². The Labute approximate surface area is 268 Å². The first kappa shape index (κ1) is 30.8. The van der Waals surface area contributed by atoms with Crippen molar-refractivity contribution in [2.24, 2.45) is 5.92 Å². The van der Waals surface area contributed by atoms with E-state index < -0.39 is 12.2 Å². The molecule has 228 valence electrons. The molecule has 0 bridgehead atoms. The van der Waals surface area contributed by atoms with Crippen molar-refractivity contribution in [2.75, 3.05) is 7.11 Å². The van der Waals surface area contributed by atoms with Crippen molar-refractivity contribution in [1.82, 2.24) is 3.97 Å². The molecule has 1 aromatic heterocycles. The third-order valence-corrected chi connectivity index (χ3v) is 9.27. The van der Waals surface area contributed by atoms with Crippen molar-refractivity contribution in [3.8, 4) is 34.5 Å². The second-order valence-electron chi connectivity index (χ2n) is 10.9. The first-order valence-electron chi connectivity index (χ1n) is 14.5. The molecule has 0 radical (unpaired) electrons. The van der Waals surface area contributed by atoms with Crippen molar-refractivity contribution in [3.05, 3.63) is 119 Å². The zero-order chi connectivity index (χ0) is 32.4. The summed E-state index contributed by atoms with van der Waals surface area (Å²) < 4.78 is 48.5. The Morgan fingerprint density at radius 2 is 1.63 bits per heavy atom. The fourth-order valence-corrected chi connectivity index (χ4v) is 6.99. The zero-order valence-corrected chi connectivity index (χ0v) is 25.5. The summed E-state index contributed by atoms with van der Waals surface area (Å²) in [6, 6.07) is 27.4. The Hall–Kier alpha value is -5.25. The van der Waals surface area contributed by atoms with Gasteiger partial charge in [0.25, 0.3) is 6.43 Å². The van der Waals surface area contributed by atoms with Gasteiger partial charge in [-0.3, -0.25) is 8.77 Å². The van der Waals surface area contributed by atoms with Crippen LogP contribution in [0.2, 0.25) is 0 Å². The third-order valence-electron chi connectivity index (χ3n) is 8.22. The smallest absolute Gasteiger partial charge is 0.308 e. The normalized spacial score (nSPS) is 14.5. The molecule has 5 aromatic rings. The summed E-state index contributed by atoms with van der Waals surface area (Å²) in [6.45, 7) is 0. The number of allylic oxidation sites excluding steroid dienone is 2. The van der Waals surface area contributed by atoms with E-state index in [1.54, 1.807) is 36.4 Å². The van der Waals surface area contributed by atoms with Crippen LogP contribution in [0.4, 0.5) is 13.2 Å². The summed E-state index contributed by atoms with van der Waals surface area (Å²) in [7, 11) is 1.39. The Morgan fingerprint density at radius 3 is 2.26 bits per heavy atom. The minimum Gasteiger partial charge on any atom is -0.469 e. The topological polar surface area (TPSA) is 78.8 Å². The van der Waals surface area contributed by atoms with E-state index in [1.165, 1.54) is 43.3 Å². The van der Waals surface area contributed by atoms with Crippen LogP contribution in [0.1, 0.15) is 47.9 Å². The highest BCUT2D eigenvalue weighted by Gasteiger charge is 2.27. The molecule has 0 N–H and O–H groups in total. The Morgan fingerprint density at radius 1 is 0.935 bits per heavy atom. The first-order chi connectivity index (χ1) is 22.3. The van der Waals surface area contributed by atoms with E-state index >= 15 is 0 Å². The molecular formula is C37H26F3N3O2S. The summed E-state index contributed by atoms with van der Waals surface area (Å²) in [5.41, 5.74) is 5.31. The summed E-state index contributed by atoms with van der Waals surface area (Å²) in [4.78, 5) is 12.8. The van der Waals surface area contributed by atoms with Gasteiger partial charge in [-0.05, 0) is 90.9 Å². The van der Waals surface area contributed by atoms with Gasteiger partial charge in [0.15, 0.2) is 0 Å². The number of fused-ring (bicyclic) bond motifs is 1. The maximum absolute atomic E-state index is 15.0. The molecule has 4 aromatic carbocycles. The molecule has 1 atom stereocenters. The van der Waals surface area contributed by atoms with E-state index in [-0.39, 0.29) is 28.6 Å². The van der Waals surface area contributed by atoms with Crippen LogP contribution in [0.15, 0.2) is 95.9 Å². The van der Waals surface area contributed by atoms with Crippen molar-refractivity contribution in [1.29, 1.82) is 10.5 Å². The molecule has 1 aliphatic rings. The lowest BCUT2D eigenvalue weighted by molar-refractivity contribution is -0.145. The standard InChI is InChI=1S/C37H26F3N3O2S/c1-45-37(44)24-10-8-22(9-11-24)25-4-2-5-26(18-25)35-34(33-27(20-41)6-3-7-28(33)21-42)31-19-29(38)14-17-32(31)43(35)46-30-15-12-23(13-16-30)36(39)40/h2-8,12-19,24,36H,9-11H2,1H3. The number of nitrogens with zero attached hydrogens (tertiary/aromatic N) is 3. The minimum atomic E-state index is -2.61. The number of esters is 1. The second-order valence-corrected chi connectivity index (χ2v) is 11.9. The number of nitriles is 2. The highest BCUT2D eigenvalue weighted by atomic mass is 32.2. The van der Waals surface area contributed by atoms with E-state index in [4.69, 9.17) is 4.74 Å². The van der Waals surface area contributed by atoms with Gasteiger partial charge in [0.1, 0.15) is 5.82 Å². The largest absolute Gasteiger partial charge is 0.469 e. The number of carbonyl (C=O) groups excluding carboxylic acids is 1. The average molecular weight is 634 g/mol. The van der Waals surface area contributed by atoms with Gasteiger partial charge in [-0.15, -0.1) is 0 Å². The van der Waals surface area contributed by atoms with Gasteiger partial charge >= 0.3 is 5.97 Å². The number of ether oxygens (including phenoxy) is 1. The van der Waals surface area contributed by atoms with Crippen molar-refractivity contribution >= 4 is 34.4 Å². The molecule has 1 heterocycles. The van der Waals surface area contributed by atoms with E-state index in [0.717, 1.165) is 16.7 Å². The summed E-state index contributed by atoms with van der Waals surface area (Å²) in [5, 5.41) is 20.8. The highest BCUT2D eigenvalue weighted by Crippen LogP contribution is 2.47. The SMILES string of the molecule is COC(=O)C1CC=C(c2cccc(-c3c(-c4c(C#N)cccc4C#N)c4cc(F)ccc4n3Sc3ccc(C(F)F)cc3)c2)CC1. The van der Waals surface area contributed by atoms with E-state index in [9.17, 15) is 28.5 Å². The van der Waals surface area contributed by atoms with Crippen molar-refractivity contribution in [3.63, 3.8) is 0 Å². The number of hydrogen-bond donors (Lipinski definition) is 0. The number of carbonyl (C=O) groups is 1. The van der Waals surface area contributed by atoms with Gasteiger partial charge in [-0.25, -0.2) is 13.2 Å². The number of aromatic nitrogens is 1. The van der Waals surface area contributed by atoms with Crippen LogP contribution in [-0.4, -0.2) is 17.1 Å². The average Bonchev–Trinajstić information content (AvgIpc) is 3.39. The maximum atomic E-state index is 15.0. The van der Waals surface area contributed by atoms with E-state index in [2.05, 4.69) is 12.1 Å². The molecule has 0 saturated carbocycles. The number of hydrogen-bond acceptors (Lipinski definition) is 5. The summed E-state index contributed by atoms with van der Waals surface area (Å²) >= 11 is 1.27. The van der Waals surface area contributed by atoms with Crippen LogP contribution in [0.3, 0.4) is 0 Å². The van der Waals surface area contributed by atoms with Gasteiger partial charge in [0, 0.05) is 32.5 Å². The maximum Gasteiger partial charge on any atom is 0.308 e. The van der Waals surface area contributed by atoms with Gasteiger partial charge in [0.2, 0.25) is 0 Å². The van der Waals surface area contributed by atoms with Crippen LogP contribution < -0.4 is 0 Å². The Balaban J connectivity index is 1.61. The predicted molar refractivity (Wildman–Crippen MR) is 172 cm³/mol. The van der Waals surface area contributed by atoms with Gasteiger partial charge in [-0.1, -0.05) is 42.5 Å². The number of benzene rings is 4. The molecule has 0 saturated heterocycles. The quantitative estimate of drug-likeness (QED) is 0.167. The molecule has 5 nitrogen and oxygen atoms in total. The third kappa shape index (κ3) is 5.78. The van der Waals surface area contributed by atoms with Gasteiger partial charge in [0.05, 0.1) is 47.5 Å². The molecule has 0 fully saturated rings. The zero-order valence-electron chi connectivity index (χ0n) is 24.6. The molecule has 46 heavy (non-hydrogen) atoms. The minimum absolute atomic E-state index is 0.103. The monoisotopic (exact) mass is 633 g/mol. The molecule has 1 unspecified atom stereocenters. The van der Waals surface area contributed by atoms with Crippen LogP contribution in [0.5, 0.6) is 0 Å². The summed E-state index contributed by atoms with van der Waals surface area (Å²) in [5.74, 6) is -0.910. The lowest BCUT2D eigenvalue weighted by Crippen LogP contribution is -2.18. The lowest BCUT2D eigenvalue weighted by Gasteiger charge is -2.21. The van der Waals surface area contributed by atoms with Crippen LogP contribution in [-0.2, 0) is 9.53 Å².